The third-order valence-electron chi connectivity index (χ3n) is 2.37. The zero-order chi connectivity index (χ0) is 14.7. The molecular formula is C11H13N5O3S. The van der Waals surface area contributed by atoms with Crippen molar-refractivity contribution in [3.05, 3.63) is 22.7 Å². The van der Waals surface area contributed by atoms with Crippen molar-refractivity contribution in [1.29, 1.82) is 0 Å². The van der Waals surface area contributed by atoms with Gasteiger partial charge < -0.3 is 10.1 Å². The first-order valence-corrected chi connectivity index (χ1v) is 6.51. The molecule has 0 saturated carbocycles. The van der Waals surface area contributed by atoms with Gasteiger partial charge in [-0.3, -0.25) is 9.48 Å². The molecule has 2 aromatic heterocycles. The maximum absolute atomic E-state index is 11.5. The zero-order valence-corrected chi connectivity index (χ0v) is 12.0. The summed E-state index contributed by atoms with van der Waals surface area (Å²) in [5, 5.41) is 7.53. The van der Waals surface area contributed by atoms with Gasteiger partial charge in [-0.2, -0.15) is 5.10 Å². The van der Waals surface area contributed by atoms with Crippen LogP contribution in [0.5, 0.6) is 0 Å². The first-order chi connectivity index (χ1) is 9.51. The molecule has 2 rings (SSSR count). The van der Waals surface area contributed by atoms with Crippen LogP contribution in [0.4, 0.5) is 5.13 Å². The fraction of sp³-hybridized carbons (Fsp3) is 0.364. The lowest BCUT2D eigenvalue weighted by molar-refractivity contribution is 0.0591. The molecule has 8 nitrogen and oxygen atoms in total. The van der Waals surface area contributed by atoms with Crippen LogP contribution in [0.15, 0.2) is 6.33 Å². The van der Waals surface area contributed by atoms with Crippen LogP contribution < -0.4 is 5.32 Å². The number of aryl methyl sites for hydroxylation is 1. The Hall–Kier alpha value is -2.29. The second kappa shape index (κ2) is 5.78. The number of carbonyl (C=O) groups is 2. The van der Waals surface area contributed by atoms with Crippen molar-refractivity contribution in [1.82, 2.24) is 19.7 Å². The highest BCUT2D eigenvalue weighted by Gasteiger charge is 2.21. The fourth-order valence-corrected chi connectivity index (χ4v) is 2.33. The van der Waals surface area contributed by atoms with Crippen molar-refractivity contribution in [2.75, 3.05) is 12.4 Å². The second-order valence-electron chi connectivity index (χ2n) is 3.93. The summed E-state index contributed by atoms with van der Waals surface area (Å²) in [7, 11) is 3.01. The number of thiazole rings is 1. The Bertz CT molecular complexity index is 648. The summed E-state index contributed by atoms with van der Waals surface area (Å²) in [5.74, 6) is -0.269. The van der Waals surface area contributed by atoms with Crippen LogP contribution in [0.3, 0.4) is 0 Å². The number of hydrogen-bond donors (Lipinski definition) is 1. The van der Waals surface area contributed by atoms with Crippen molar-refractivity contribution < 1.29 is 14.3 Å². The molecule has 2 heterocycles. The Morgan fingerprint density at radius 3 is 2.80 bits per heavy atom. The lowest BCUT2D eigenvalue weighted by atomic mass is 10.3. The molecule has 0 aliphatic rings. The minimum atomic E-state index is -0.629. The Labute approximate surface area is 118 Å². The number of ether oxygens (including phenoxy) is 1. The maximum atomic E-state index is 11.5. The van der Waals surface area contributed by atoms with E-state index in [-0.39, 0.29) is 16.4 Å². The number of anilines is 1. The zero-order valence-electron chi connectivity index (χ0n) is 11.2. The van der Waals surface area contributed by atoms with Crippen molar-refractivity contribution >= 4 is 28.2 Å². The van der Waals surface area contributed by atoms with E-state index in [0.29, 0.717) is 17.5 Å². The van der Waals surface area contributed by atoms with Crippen molar-refractivity contribution in [3.8, 4) is 0 Å². The molecule has 20 heavy (non-hydrogen) atoms. The summed E-state index contributed by atoms with van der Waals surface area (Å²) >= 11 is 1.10. The molecule has 0 aromatic carbocycles. The second-order valence-corrected chi connectivity index (χ2v) is 4.93. The summed E-state index contributed by atoms with van der Waals surface area (Å²) in [4.78, 5) is 31.4. The van der Waals surface area contributed by atoms with Crippen molar-refractivity contribution in [2.24, 2.45) is 7.05 Å². The molecule has 1 N–H and O–H groups in total. The van der Waals surface area contributed by atoms with Crippen LogP contribution in [-0.2, 0) is 18.3 Å². The first-order valence-electron chi connectivity index (χ1n) is 5.69. The summed E-state index contributed by atoms with van der Waals surface area (Å²) in [6.45, 7) is 1.73. The van der Waals surface area contributed by atoms with Gasteiger partial charge in [0.15, 0.2) is 22.4 Å². The number of methoxy groups -OCH3 is 1. The van der Waals surface area contributed by atoms with E-state index in [2.05, 4.69) is 25.1 Å². The number of aromatic nitrogens is 4. The Morgan fingerprint density at radius 1 is 1.50 bits per heavy atom. The molecule has 106 valence electrons. The largest absolute Gasteiger partial charge is 0.464 e. The molecule has 0 spiro atoms. The van der Waals surface area contributed by atoms with Crippen LogP contribution in [0.25, 0.3) is 0 Å². The molecule has 9 heteroatoms. The van der Waals surface area contributed by atoms with Gasteiger partial charge in [0, 0.05) is 14.0 Å². The van der Waals surface area contributed by atoms with E-state index < -0.39 is 5.97 Å². The standard InChI is InChI=1S/C11H13N5O3S/c1-6(17)9-8(10(18)19-3)14-11(20-9)12-4-7-13-5-16(2)15-7/h5H,4H2,1-3H3,(H,12,14). The number of carbonyl (C=O) groups excluding carboxylic acids is 2. The van der Waals surface area contributed by atoms with Gasteiger partial charge in [0.05, 0.1) is 13.7 Å². The number of rotatable bonds is 5. The highest BCUT2D eigenvalue weighted by atomic mass is 32.1. The van der Waals surface area contributed by atoms with E-state index in [1.165, 1.54) is 14.0 Å². The van der Waals surface area contributed by atoms with Crippen LogP contribution >= 0.6 is 11.3 Å². The monoisotopic (exact) mass is 295 g/mol. The van der Waals surface area contributed by atoms with Gasteiger partial charge in [0.1, 0.15) is 11.2 Å². The fourth-order valence-electron chi connectivity index (χ4n) is 1.49. The molecule has 0 aliphatic heterocycles. The topological polar surface area (TPSA) is 99.0 Å². The van der Waals surface area contributed by atoms with E-state index in [4.69, 9.17) is 0 Å². The quantitative estimate of drug-likeness (QED) is 0.645. The number of nitrogens with one attached hydrogen (secondary N) is 1. The van der Waals surface area contributed by atoms with Gasteiger partial charge in [-0.05, 0) is 0 Å². The predicted octanol–water partition coefficient (Wildman–Crippen LogP) is 0.873. The van der Waals surface area contributed by atoms with Gasteiger partial charge in [-0.25, -0.2) is 14.8 Å². The number of Topliss-reactive ketones (excluding diaryl/α,β-unsaturated/α-hetero) is 1. The van der Waals surface area contributed by atoms with Crippen LogP contribution in [0, 0.1) is 0 Å². The van der Waals surface area contributed by atoms with Crippen molar-refractivity contribution in [2.45, 2.75) is 13.5 Å². The summed E-state index contributed by atoms with van der Waals surface area (Å²) in [5.41, 5.74) is 0.0291. The van der Waals surface area contributed by atoms with Gasteiger partial charge in [0.25, 0.3) is 0 Å². The number of hydrogen-bond acceptors (Lipinski definition) is 8. The normalized spacial score (nSPS) is 10.3. The highest BCUT2D eigenvalue weighted by Crippen LogP contribution is 2.24. The average molecular weight is 295 g/mol. The third-order valence-corrected chi connectivity index (χ3v) is 3.48. The molecular weight excluding hydrogens is 282 g/mol. The predicted molar refractivity (Wildman–Crippen MR) is 71.8 cm³/mol. The molecule has 0 bridgehead atoms. The molecule has 0 amide bonds. The van der Waals surface area contributed by atoms with Crippen LogP contribution in [0.2, 0.25) is 0 Å². The van der Waals surface area contributed by atoms with Crippen LogP contribution in [0.1, 0.15) is 32.9 Å². The molecule has 0 atom stereocenters. The molecule has 0 fully saturated rings. The van der Waals surface area contributed by atoms with E-state index >= 15 is 0 Å². The highest BCUT2D eigenvalue weighted by molar-refractivity contribution is 7.17. The van der Waals surface area contributed by atoms with E-state index in [1.807, 2.05) is 0 Å². The molecule has 0 aliphatic carbocycles. The minimum absolute atomic E-state index is 0.0291. The van der Waals surface area contributed by atoms with Crippen LogP contribution in [-0.4, -0.2) is 38.6 Å². The Kier molecular flexibility index (Phi) is 4.08. The third kappa shape index (κ3) is 2.99. The molecule has 0 unspecified atom stereocenters. The molecule has 2 aromatic rings. The van der Waals surface area contributed by atoms with Gasteiger partial charge in [0.2, 0.25) is 0 Å². The van der Waals surface area contributed by atoms with Gasteiger partial charge >= 0.3 is 5.97 Å². The lowest BCUT2D eigenvalue weighted by Gasteiger charge is -1.97. The van der Waals surface area contributed by atoms with E-state index in [1.54, 1.807) is 18.1 Å². The lowest BCUT2D eigenvalue weighted by Crippen LogP contribution is -2.07. The van der Waals surface area contributed by atoms with Gasteiger partial charge in [-0.15, -0.1) is 0 Å². The Balaban J connectivity index is 2.16. The summed E-state index contributed by atoms with van der Waals surface area (Å²) in [6.07, 6.45) is 1.58. The first kappa shape index (κ1) is 14.1. The smallest absolute Gasteiger partial charge is 0.358 e. The number of esters is 1. The van der Waals surface area contributed by atoms with Crippen molar-refractivity contribution in [3.63, 3.8) is 0 Å². The number of ketones is 1. The van der Waals surface area contributed by atoms with E-state index in [0.717, 1.165) is 11.3 Å². The number of nitrogens with zero attached hydrogens (tertiary/aromatic N) is 4. The average Bonchev–Trinajstić information content (AvgIpc) is 3.01. The maximum Gasteiger partial charge on any atom is 0.358 e. The van der Waals surface area contributed by atoms with E-state index in [9.17, 15) is 9.59 Å². The summed E-state index contributed by atoms with van der Waals surface area (Å²) in [6, 6.07) is 0. The SMILES string of the molecule is COC(=O)c1nc(NCc2ncn(C)n2)sc1C(C)=O. The minimum Gasteiger partial charge on any atom is -0.464 e. The Morgan fingerprint density at radius 2 is 2.25 bits per heavy atom. The molecule has 0 radical (unpaired) electrons. The molecule has 0 saturated heterocycles. The summed E-state index contributed by atoms with van der Waals surface area (Å²) < 4.78 is 6.19. The van der Waals surface area contributed by atoms with Gasteiger partial charge in [-0.1, -0.05) is 11.3 Å².